The van der Waals surface area contributed by atoms with Gasteiger partial charge < -0.3 is 22.1 Å². The van der Waals surface area contributed by atoms with Crippen molar-refractivity contribution in [3.63, 3.8) is 0 Å². The second-order valence-corrected chi connectivity index (χ2v) is 5.02. The van der Waals surface area contributed by atoms with Gasteiger partial charge in [-0.2, -0.15) is 0 Å². The fourth-order valence-corrected chi connectivity index (χ4v) is 2.42. The van der Waals surface area contributed by atoms with Crippen LogP contribution in [0.2, 0.25) is 0 Å². The van der Waals surface area contributed by atoms with Crippen LogP contribution in [0.3, 0.4) is 0 Å². The molecule has 3 rings (SSSR count). The van der Waals surface area contributed by atoms with E-state index in [1.165, 1.54) is 5.56 Å². The average molecular weight is 358 g/mol. The van der Waals surface area contributed by atoms with Crippen molar-refractivity contribution in [1.29, 1.82) is 0 Å². The SMILES string of the molecule is CCN1[C+]N(Cc2ccccc2)C=C1c1ccc(O)cc1.[Br-]. The monoisotopic (exact) mass is 357 g/mol. The Morgan fingerprint density at radius 2 is 1.68 bits per heavy atom. The first-order valence-corrected chi connectivity index (χ1v) is 7.12. The molecule has 113 valence electrons. The lowest BCUT2D eigenvalue weighted by atomic mass is 10.1. The number of phenolic OH excluding ortho intramolecular Hbond substituents is 1. The Morgan fingerprint density at radius 3 is 2.32 bits per heavy atom. The first-order valence-electron chi connectivity index (χ1n) is 7.12. The lowest BCUT2D eigenvalue weighted by Crippen LogP contribution is -3.00. The van der Waals surface area contributed by atoms with Crippen LogP contribution in [0.5, 0.6) is 5.75 Å². The van der Waals surface area contributed by atoms with E-state index in [0.717, 1.165) is 24.4 Å². The molecule has 1 aliphatic rings. The zero-order valence-corrected chi connectivity index (χ0v) is 14.0. The molecule has 4 heteroatoms. The largest absolute Gasteiger partial charge is 1.00 e. The van der Waals surface area contributed by atoms with E-state index in [0.29, 0.717) is 0 Å². The number of nitrogens with zero attached hydrogens (tertiary/aromatic N) is 2. The molecule has 2 aromatic carbocycles. The molecule has 1 N–H and O–H groups in total. The molecule has 1 aliphatic heterocycles. The summed E-state index contributed by atoms with van der Waals surface area (Å²) in [5.41, 5.74) is 3.44. The van der Waals surface area contributed by atoms with Crippen LogP contribution in [-0.4, -0.2) is 21.5 Å². The van der Waals surface area contributed by atoms with Crippen molar-refractivity contribution in [2.24, 2.45) is 0 Å². The first kappa shape index (κ1) is 16.3. The van der Waals surface area contributed by atoms with Crippen molar-refractivity contribution in [3.05, 3.63) is 78.6 Å². The van der Waals surface area contributed by atoms with Crippen LogP contribution in [0.4, 0.5) is 0 Å². The van der Waals surface area contributed by atoms with Crippen molar-refractivity contribution < 1.29 is 22.1 Å². The maximum atomic E-state index is 9.41. The Labute approximate surface area is 142 Å². The highest BCUT2D eigenvalue weighted by molar-refractivity contribution is 5.66. The summed E-state index contributed by atoms with van der Waals surface area (Å²) in [7, 11) is 0. The average Bonchev–Trinajstić information content (AvgIpc) is 2.92. The number of halogens is 1. The number of phenols is 1. The van der Waals surface area contributed by atoms with E-state index >= 15 is 0 Å². The zero-order valence-electron chi connectivity index (χ0n) is 12.4. The number of rotatable bonds is 4. The van der Waals surface area contributed by atoms with Gasteiger partial charge in [0, 0.05) is 5.56 Å². The molecule has 2 aromatic rings. The van der Waals surface area contributed by atoms with Crippen LogP contribution in [0.25, 0.3) is 5.70 Å². The normalized spacial score (nSPS) is 13.4. The molecule has 1 radical (unpaired) electrons. The van der Waals surface area contributed by atoms with Crippen LogP contribution in [0.15, 0.2) is 60.8 Å². The summed E-state index contributed by atoms with van der Waals surface area (Å²) in [5.74, 6) is 0.287. The lowest BCUT2D eigenvalue weighted by Gasteiger charge is -2.07. The third kappa shape index (κ3) is 3.57. The smallest absolute Gasteiger partial charge is 0.565 e. The van der Waals surface area contributed by atoms with Gasteiger partial charge in [-0.25, -0.2) is 0 Å². The highest BCUT2D eigenvalue weighted by Gasteiger charge is 2.37. The van der Waals surface area contributed by atoms with Crippen LogP contribution < -0.4 is 17.0 Å². The summed E-state index contributed by atoms with van der Waals surface area (Å²) in [6.45, 7) is 7.13. The van der Waals surface area contributed by atoms with Crippen molar-refractivity contribution in [1.82, 2.24) is 9.80 Å². The summed E-state index contributed by atoms with van der Waals surface area (Å²) in [4.78, 5) is 4.16. The molecule has 0 atom stereocenters. The van der Waals surface area contributed by atoms with Crippen LogP contribution in [0, 0.1) is 6.67 Å². The van der Waals surface area contributed by atoms with Gasteiger partial charge in [-0.15, -0.1) is 9.80 Å². The highest BCUT2D eigenvalue weighted by atomic mass is 79.9. The summed E-state index contributed by atoms with van der Waals surface area (Å²) >= 11 is 0. The molecular weight excluding hydrogens is 340 g/mol. The van der Waals surface area contributed by atoms with Gasteiger partial charge in [0.1, 0.15) is 11.4 Å². The second-order valence-electron chi connectivity index (χ2n) is 5.02. The van der Waals surface area contributed by atoms with E-state index in [-0.39, 0.29) is 22.7 Å². The van der Waals surface area contributed by atoms with E-state index < -0.39 is 0 Å². The van der Waals surface area contributed by atoms with Crippen LogP contribution >= 0.6 is 0 Å². The molecule has 0 fully saturated rings. The van der Waals surface area contributed by atoms with Crippen molar-refractivity contribution in [2.45, 2.75) is 13.5 Å². The predicted molar refractivity (Wildman–Crippen MR) is 83.7 cm³/mol. The molecule has 0 amide bonds. The Hall–Kier alpha value is -2.07. The van der Waals surface area contributed by atoms with Gasteiger partial charge in [-0.1, -0.05) is 30.3 Å². The molecule has 3 nitrogen and oxygen atoms in total. The van der Waals surface area contributed by atoms with Crippen molar-refractivity contribution >= 4 is 5.70 Å². The molecule has 0 aromatic heterocycles. The number of hydrogen-bond acceptors (Lipinski definition) is 3. The molecule has 0 bridgehead atoms. The van der Waals surface area contributed by atoms with E-state index in [9.17, 15) is 5.11 Å². The van der Waals surface area contributed by atoms with E-state index in [1.54, 1.807) is 12.1 Å². The quantitative estimate of drug-likeness (QED) is 0.808. The molecule has 0 saturated carbocycles. The summed E-state index contributed by atoms with van der Waals surface area (Å²) in [6, 6.07) is 17.6. The fourth-order valence-electron chi connectivity index (χ4n) is 2.42. The predicted octanol–water partition coefficient (Wildman–Crippen LogP) is 0.529. The lowest BCUT2D eigenvalue weighted by molar-refractivity contribution is -0.00000531. The number of hydrogen-bond donors (Lipinski definition) is 1. The molecule has 1 heterocycles. The summed E-state index contributed by atoms with van der Waals surface area (Å²) < 4.78 is 0. The topological polar surface area (TPSA) is 26.7 Å². The Balaban J connectivity index is 0.00000176. The maximum Gasteiger partial charge on any atom is 0.565 e. The molecular formula is C18H18BrN2O. The van der Waals surface area contributed by atoms with Gasteiger partial charge in [-0.05, 0) is 36.8 Å². The minimum Gasteiger partial charge on any atom is -1.00 e. The van der Waals surface area contributed by atoms with Crippen molar-refractivity contribution in [2.75, 3.05) is 6.54 Å². The molecule has 0 aliphatic carbocycles. The third-order valence-corrected chi connectivity index (χ3v) is 3.49. The zero-order chi connectivity index (χ0) is 14.7. The molecule has 0 unspecified atom stereocenters. The minimum absolute atomic E-state index is 0. The standard InChI is InChI=1S/C18H18N2O.BrH/c1-2-20-14-19(12-15-6-4-3-5-7-15)13-18(20)16-8-10-17(21)11-9-16;/h3-11,13,21H,2,12H2,1H3;1H/q+1;/p-1. The molecule has 22 heavy (non-hydrogen) atoms. The molecule has 0 saturated heterocycles. The van der Waals surface area contributed by atoms with Gasteiger partial charge in [0.15, 0.2) is 0 Å². The second kappa shape index (κ2) is 7.27. The third-order valence-electron chi connectivity index (χ3n) is 3.49. The van der Waals surface area contributed by atoms with Crippen LogP contribution in [-0.2, 0) is 6.54 Å². The van der Waals surface area contributed by atoms with Gasteiger partial charge in [0.2, 0.25) is 0 Å². The van der Waals surface area contributed by atoms with Gasteiger partial charge in [0.25, 0.3) is 0 Å². The highest BCUT2D eigenvalue weighted by Crippen LogP contribution is 2.29. The number of aromatic hydroxyl groups is 1. The summed E-state index contributed by atoms with van der Waals surface area (Å²) in [5, 5.41) is 9.41. The van der Waals surface area contributed by atoms with Gasteiger partial charge in [0.05, 0.1) is 19.3 Å². The minimum atomic E-state index is 0. The van der Waals surface area contributed by atoms with E-state index in [4.69, 9.17) is 0 Å². The Kier molecular flexibility index (Phi) is 5.39. The fraction of sp³-hybridized carbons (Fsp3) is 0.167. The van der Waals surface area contributed by atoms with Crippen molar-refractivity contribution in [3.8, 4) is 5.75 Å². The molecule has 0 spiro atoms. The Morgan fingerprint density at radius 1 is 1.00 bits per heavy atom. The number of benzene rings is 2. The summed E-state index contributed by atoms with van der Waals surface area (Å²) in [6.07, 6.45) is 2.10. The Bertz CT molecular complexity index is 625. The maximum absolute atomic E-state index is 9.41. The van der Waals surface area contributed by atoms with E-state index in [2.05, 4.69) is 41.7 Å². The van der Waals surface area contributed by atoms with Gasteiger partial charge >= 0.3 is 6.67 Å². The van der Waals surface area contributed by atoms with E-state index in [1.807, 2.05) is 30.3 Å². The first-order chi connectivity index (χ1) is 10.3. The van der Waals surface area contributed by atoms with Gasteiger partial charge in [-0.3, -0.25) is 0 Å². The van der Waals surface area contributed by atoms with Crippen LogP contribution in [0.1, 0.15) is 18.1 Å².